The summed E-state index contributed by atoms with van der Waals surface area (Å²) in [6.45, 7) is 0.150. The van der Waals surface area contributed by atoms with Gasteiger partial charge in [-0.15, -0.1) is 11.3 Å². The number of amides is 1. The molecule has 3 aromatic rings. The van der Waals surface area contributed by atoms with Crippen LogP contribution in [-0.4, -0.2) is 13.0 Å². The molecule has 0 unspecified atom stereocenters. The van der Waals surface area contributed by atoms with Crippen LogP contribution >= 0.6 is 11.3 Å². The second-order valence-corrected chi connectivity index (χ2v) is 6.15. The molecule has 1 heterocycles. The molecule has 0 spiro atoms. The predicted molar refractivity (Wildman–Crippen MR) is 91.6 cm³/mol. The normalized spacial score (nSPS) is 10.5. The maximum Gasteiger partial charge on any atom is 0.266 e. The summed E-state index contributed by atoms with van der Waals surface area (Å²) in [6, 6.07) is 13.3. The summed E-state index contributed by atoms with van der Waals surface area (Å²) in [5.74, 6) is -0.694. The van der Waals surface area contributed by atoms with Crippen LogP contribution in [-0.2, 0) is 11.3 Å². The molecule has 0 aliphatic carbocycles. The van der Waals surface area contributed by atoms with Crippen LogP contribution in [0, 0.1) is 17.1 Å². The summed E-state index contributed by atoms with van der Waals surface area (Å²) in [4.78, 5) is 13.0. The van der Waals surface area contributed by atoms with Crippen LogP contribution in [0.2, 0.25) is 0 Å². The highest BCUT2D eigenvalue weighted by Gasteiger charge is 2.20. The number of halogens is 1. The van der Waals surface area contributed by atoms with Gasteiger partial charge in [0.1, 0.15) is 5.82 Å². The molecule has 0 saturated heterocycles. The number of thiophene rings is 1. The van der Waals surface area contributed by atoms with Crippen molar-refractivity contribution in [3.63, 3.8) is 0 Å². The van der Waals surface area contributed by atoms with Crippen molar-refractivity contribution < 1.29 is 13.9 Å². The summed E-state index contributed by atoms with van der Waals surface area (Å²) in [7, 11) is 1.51. The van der Waals surface area contributed by atoms with E-state index in [1.54, 1.807) is 36.4 Å². The van der Waals surface area contributed by atoms with Crippen molar-refractivity contribution in [2.24, 2.45) is 0 Å². The van der Waals surface area contributed by atoms with Gasteiger partial charge in [-0.2, -0.15) is 5.26 Å². The molecule has 0 aliphatic heterocycles. The van der Waals surface area contributed by atoms with Crippen molar-refractivity contribution in [3.8, 4) is 6.07 Å². The lowest BCUT2D eigenvalue weighted by atomic mass is 10.1. The maximum atomic E-state index is 14.1. The summed E-state index contributed by atoms with van der Waals surface area (Å²) in [5.41, 5.74) is 1.62. The standard InChI is InChI=1S/C18H13FN2O2S/c1-23-10-13-16-14(19)3-2-4-15(16)24-17(13)18(22)21-12-7-5-11(9-20)6-8-12/h2-8H,10H2,1H3,(H,21,22). The zero-order chi connectivity index (χ0) is 17.1. The fourth-order valence-corrected chi connectivity index (χ4v) is 3.57. The minimum atomic E-state index is -0.367. The van der Waals surface area contributed by atoms with E-state index in [4.69, 9.17) is 10.00 Å². The minimum Gasteiger partial charge on any atom is -0.380 e. The Balaban J connectivity index is 1.98. The Hall–Kier alpha value is -2.75. The summed E-state index contributed by atoms with van der Waals surface area (Å²) in [6.07, 6.45) is 0. The second kappa shape index (κ2) is 6.79. The number of methoxy groups -OCH3 is 1. The number of hydrogen-bond acceptors (Lipinski definition) is 4. The first-order valence-electron chi connectivity index (χ1n) is 7.14. The molecule has 24 heavy (non-hydrogen) atoms. The first-order chi connectivity index (χ1) is 11.6. The molecule has 0 fully saturated rings. The second-order valence-electron chi connectivity index (χ2n) is 5.10. The van der Waals surface area contributed by atoms with Crippen molar-refractivity contribution >= 4 is 33.0 Å². The topological polar surface area (TPSA) is 62.1 Å². The van der Waals surface area contributed by atoms with E-state index in [1.165, 1.54) is 24.5 Å². The third kappa shape index (κ3) is 3.00. The predicted octanol–water partition coefficient (Wildman–Crippen LogP) is 4.31. The van der Waals surface area contributed by atoms with Crippen LogP contribution in [0.15, 0.2) is 42.5 Å². The van der Waals surface area contributed by atoms with Crippen molar-refractivity contribution in [1.82, 2.24) is 0 Å². The SMILES string of the molecule is COCc1c(C(=O)Nc2ccc(C#N)cc2)sc2cccc(F)c12. The Kier molecular flexibility index (Phi) is 4.56. The smallest absolute Gasteiger partial charge is 0.266 e. The fraction of sp³-hybridized carbons (Fsp3) is 0.111. The Morgan fingerprint density at radius 2 is 2.04 bits per heavy atom. The van der Waals surface area contributed by atoms with Crippen LogP contribution < -0.4 is 5.32 Å². The summed E-state index contributed by atoms with van der Waals surface area (Å²) >= 11 is 1.23. The molecular weight excluding hydrogens is 327 g/mol. The number of nitriles is 1. The third-order valence-electron chi connectivity index (χ3n) is 3.53. The number of nitrogens with one attached hydrogen (secondary N) is 1. The Morgan fingerprint density at radius 3 is 2.71 bits per heavy atom. The molecule has 2 aromatic carbocycles. The number of carbonyl (C=O) groups excluding carboxylic acids is 1. The van der Waals surface area contributed by atoms with Gasteiger partial charge in [-0.05, 0) is 36.4 Å². The van der Waals surface area contributed by atoms with Gasteiger partial charge in [0.15, 0.2) is 0 Å². The number of rotatable bonds is 4. The van der Waals surface area contributed by atoms with Crippen molar-refractivity contribution in [2.75, 3.05) is 12.4 Å². The lowest BCUT2D eigenvalue weighted by Gasteiger charge is -2.06. The van der Waals surface area contributed by atoms with E-state index in [2.05, 4.69) is 5.32 Å². The van der Waals surface area contributed by atoms with Gasteiger partial charge in [-0.3, -0.25) is 4.79 Å². The molecule has 1 amide bonds. The molecule has 1 aromatic heterocycles. The zero-order valence-electron chi connectivity index (χ0n) is 12.8. The molecule has 120 valence electrons. The highest BCUT2D eigenvalue weighted by molar-refractivity contribution is 7.21. The highest BCUT2D eigenvalue weighted by atomic mass is 32.1. The third-order valence-corrected chi connectivity index (χ3v) is 4.73. The number of nitrogens with zero attached hydrogens (tertiary/aromatic N) is 1. The number of carbonyl (C=O) groups is 1. The molecule has 4 nitrogen and oxygen atoms in total. The molecule has 1 N–H and O–H groups in total. The van der Waals surface area contributed by atoms with E-state index in [0.717, 1.165) is 0 Å². The van der Waals surface area contributed by atoms with Gasteiger partial charge in [0, 0.05) is 28.4 Å². The van der Waals surface area contributed by atoms with E-state index in [1.807, 2.05) is 6.07 Å². The van der Waals surface area contributed by atoms with Crippen molar-refractivity contribution in [1.29, 1.82) is 5.26 Å². The fourth-order valence-electron chi connectivity index (χ4n) is 2.45. The van der Waals surface area contributed by atoms with Crippen molar-refractivity contribution in [3.05, 3.63) is 64.3 Å². The molecule has 0 radical (unpaired) electrons. The maximum absolute atomic E-state index is 14.1. The molecule has 3 rings (SSSR count). The van der Waals surface area contributed by atoms with Crippen molar-refractivity contribution in [2.45, 2.75) is 6.61 Å². The zero-order valence-corrected chi connectivity index (χ0v) is 13.6. The van der Waals surface area contributed by atoms with Gasteiger partial charge in [-0.1, -0.05) is 6.07 Å². The van der Waals surface area contributed by atoms with Gasteiger partial charge < -0.3 is 10.1 Å². The lowest BCUT2D eigenvalue weighted by molar-refractivity contribution is 0.102. The van der Waals surface area contributed by atoms with Gasteiger partial charge in [-0.25, -0.2) is 4.39 Å². The van der Waals surface area contributed by atoms with Crippen LogP contribution in [0.4, 0.5) is 10.1 Å². The molecule has 0 bridgehead atoms. The quantitative estimate of drug-likeness (QED) is 0.770. The van der Waals surface area contributed by atoms with E-state index in [0.29, 0.717) is 31.8 Å². The molecule has 6 heteroatoms. The number of hydrogen-bond donors (Lipinski definition) is 1. The Morgan fingerprint density at radius 1 is 1.29 bits per heavy atom. The number of benzene rings is 2. The number of ether oxygens (including phenoxy) is 1. The summed E-state index contributed by atoms with van der Waals surface area (Å²) in [5, 5.41) is 12.0. The molecule has 0 saturated carbocycles. The van der Waals surface area contributed by atoms with Gasteiger partial charge in [0.2, 0.25) is 0 Å². The Labute approximate surface area is 142 Å². The van der Waals surface area contributed by atoms with E-state index < -0.39 is 0 Å². The lowest BCUT2D eigenvalue weighted by Crippen LogP contribution is -2.12. The minimum absolute atomic E-state index is 0.150. The monoisotopic (exact) mass is 340 g/mol. The molecule has 0 atom stereocenters. The Bertz CT molecular complexity index is 942. The number of anilines is 1. The van der Waals surface area contributed by atoms with Gasteiger partial charge in [0.05, 0.1) is 23.1 Å². The molecule has 0 aliphatic rings. The average Bonchev–Trinajstić information content (AvgIpc) is 2.96. The first-order valence-corrected chi connectivity index (χ1v) is 7.96. The van der Waals surface area contributed by atoms with Crippen LogP contribution in [0.5, 0.6) is 0 Å². The average molecular weight is 340 g/mol. The van der Waals surface area contributed by atoms with Gasteiger partial charge in [0.25, 0.3) is 5.91 Å². The largest absolute Gasteiger partial charge is 0.380 e. The number of fused-ring (bicyclic) bond motifs is 1. The van der Waals surface area contributed by atoms with Gasteiger partial charge >= 0.3 is 0 Å². The summed E-state index contributed by atoms with van der Waals surface area (Å²) < 4.78 is 20.0. The van der Waals surface area contributed by atoms with E-state index in [-0.39, 0.29) is 18.3 Å². The first kappa shape index (κ1) is 16.1. The highest BCUT2D eigenvalue weighted by Crippen LogP contribution is 2.34. The van der Waals surface area contributed by atoms with E-state index >= 15 is 0 Å². The molecular formula is C18H13FN2O2S. The van der Waals surface area contributed by atoms with Crippen LogP contribution in [0.1, 0.15) is 20.8 Å². The van der Waals surface area contributed by atoms with Crippen LogP contribution in [0.25, 0.3) is 10.1 Å². The van der Waals surface area contributed by atoms with Crippen LogP contribution in [0.3, 0.4) is 0 Å². The van der Waals surface area contributed by atoms with E-state index in [9.17, 15) is 9.18 Å².